The highest BCUT2D eigenvalue weighted by Gasteiger charge is 2.24. The molecule has 1 fully saturated rings. The Kier molecular flexibility index (Phi) is 4.26. The molecular weight excluding hydrogens is 268 g/mol. The standard InChI is InChI=1S/C12H18N2O4S/c1-14-6-5-10(8-14)12(15)13-19(16,17)9-11-4-2-3-7-18-11/h5-6,8,11H,2-4,7,9H2,1H3,(H,13,15). The number of aromatic nitrogens is 1. The maximum absolute atomic E-state index is 11.9. The highest BCUT2D eigenvalue weighted by Crippen LogP contribution is 2.14. The van der Waals surface area contributed by atoms with Crippen molar-refractivity contribution in [2.45, 2.75) is 25.4 Å². The average molecular weight is 286 g/mol. The van der Waals surface area contributed by atoms with Gasteiger partial charge in [0.25, 0.3) is 5.91 Å². The van der Waals surface area contributed by atoms with E-state index in [1.165, 1.54) is 0 Å². The summed E-state index contributed by atoms with van der Waals surface area (Å²) in [6, 6.07) is 1.57. The molecular formula is C12H18N2O4S. The van der Waals surface area contributed by atoms with Gasteiger partial charge in [0.1, 0.15) is 0 Å². The van der Waals surface area contributed by atoms with Gasteiger partial charge in [-0.2, -0.15) is 0 Å². The lowest BCUT2D eigenvalue weighted by Crippen LogP contribution is -2.38. The summed E-state index contributed by atoms with van der Waals surface area (Å²) in [5.74, 6) is -0.762. The van der Waals surface area contributed by atoms with E-state index >= 15 is 0 Å². The summed E-state index contributed by atoms with van der Waals surface area (Å²) >= 11 is 0. The molecule has 1 aromatic heterocycles. The van der Waals surface area contributed by atoms with Crippen LogP contribution in [0.15, 0.2) is 18.5 Å². The van der Waals surface area contributed by atoms with Crippen LogP contribution in [0.3, 0.4) is 0 Å². The van der Waals surface area contributed by atoms with Gasteiger partial charge in [-0.25, -0.2) is 13.1 Å². The molecule has 0 radical (unpaired) electrons. The second kappa shape index (κ2) is 5.75. The Labute approximate surface area is 112 Å². The van der Waals surface area contributed by atoms with Gasteiger partial charge < -0.3 is 9.30 Å². The van der Waals surface area contributed by atoms with Crippen LogP contribution < -0.4 is 4.72 Å². The first-order chi connectivity index (χ1) is 8.96. The molecule has 1 aliphatic rings. The smallest absolute Gasteiger partial charge is 0.266 e. The van der Waals surface area contributed by atoms with Gasteiger partial charge in [0.15, 0.2) is 0 Å². The van der Waals surface area contributed by atoms with E-state index in [1.807, 2.05) is 0 Å². The molecule has 0 spiro atoms. The number of carbonyl (C=O) groups excluding carboxylic acids is 1. The van der Waals surface area contributed by atoms with Crippen molar-refractivity contribution in [3.05, 3.63) is 24.0 Å². The molecule has 2 rings (SSSR count). The number of ether oxygens (including phenoxy) is 1. The van der Waals surface area contributed by atoms with Crippen molar-refractivity contribution >= 4 is 15.9 Å². The normalized spacial score (nSPS) is 20.2. The van der Waals surface area contributed by atoms with Crippen LogP contribution in [-0.2, 0) is 21.8 Å². The van der Waals surface area contributed by atoms with E-state index in [9.17, 15) is 13.2 Å². The van der Waals surface area contributed by atoms with Gasteiger partial charge in [-0.1, -0.05) is 0 Å². The van der Waals surface area contributed by atoms with Gasteiger partial charge in [-0.15, -0.1) is 0 Å². The van der Waals surface area contributed by atoms with Crippen molar-refractivity contribution in [2.24, 2.45) is 7.05 Å². The van der Waals surface area contributed by atoms with E-state index in [2.05, 4.69) is 4.72 Å². The van der Waals surface area contributed by atoms with Gasteiger partial charge in [0, 0.05) is 26.0 Å². The molecule has 19 heavy (non-hydrogen) atoms. The fourth-order valence-electron chi connectivity index (χ4n) is 2.06. The van der Waals surface area contributed by atoms with Crippen molar-refractivity contribution in [2.75, 3.05) is 12.4 Å². The quantitative estimate of drug-likeness (QED) is 0.881. The summed E-state index contributed by atoms with van der Waals surface area (Å²) in [5.41, 5.74) is 0.329. The van der Waals surface area contributed by atoms with Crippen molar-refractivity contribution in [1.82, 2.24) is 9.29 Å². The van der Waals surface area contributed by atoms with E-state index < -0.39 is 15.9 Å². The molecule has 6 nitrogen and oxygen atoms in total. The number of hydrogen-bond donors (Lipinski definition) is 1. The van der Waals surface area contributed by atoms with Gasteiger partial charge in [-0.05, 0) is 25.3 Å². The van der Waals surface area contributed by atoms with Crippen LogP contribution in [-0.4, -0.2) is 37.4 Å². The van der Waals surface area contributed by atoms with E-state index in [1.54, 1.807) is 30.1 Å². The molecule has 1 N–H and O–H groups in total. The van der Waals surface area contributed by atoms with Crippen LogP contribution in [0.1, 0.15) is 29.6 Å². The number of nitrogens with zero attached hydrogens (tertiary/aromatic N) is 1. The number of carbonyl (C=O) groups is 1. The molecule has 1 aromatic rings. The minimum Gasteiger partial charge on any atom is -0.377 e. The zero-order valence-electron chi connectivity index (χ0n) is 10.8. The number of amides is 1. The van der Waals surface area contributed by atoms with E-state index in [4.69, 9.17) is 4.74 Å². The number of hydrogen-bond acceptors (Lipinski definition) is 4. The first kappa shape index (κ1) is 14.1. The third kappa shape index (κ3) is 4.07. The summed E-state index contributed by atoms with van der Waals surface area (Å²) in [6.45, 7) is 0.590. The number of rotatable bonds is 4. The lowest BCUT2D eigenvalue weighted by atomic mass is 10.1. The molecule has 106 valence electrons. The molecule has 0 aromatic carbocycles. The highest BCUT2D eigenvalue weighted by molar-refractivity contribution is 7.90. The fraction of sp³-hybridized carbons (Fsp3) is 0.583. The minimum absolute atomic E-state index is 0.161. The van der Waals surface area contributed by atoms with Crippen LogP contribution in [0.2, 0.25) is 0 Å². The number of aryl methyl sites for hydroxylation is 1. The van der Waals surface area contributed by atoms with Gasteiger partial charge in [0.2, 0.25) is 10.0 Å². The third-order valence-electron chi connectivity index (χ3n) is 3.02. The Morgan fingerprint density at radius 3 is 2.89 bits per heavy atom. The average Bonchev–Trinajstić information content (AvgIpc) is 2.76. The SMILES string of the molecule is Cn1ccc(C(=O)NS(=O)(=O)CC2CCCCO2)c1. The fourth-order valence-corrected chi connectivity index (χ4v) is 3.30. The predicted octanol–water partition coefficient (Wildman–Crippen LogP) is 0.654. The van der Waals surface area contributed by atoms with Crippen molar-refractivity contribution in [3.8, 4) is 0 Å². The van der Waals surface area contributed by atoms with Crippen LogP contribution in [0.25, 0.3) is 0 Å². The second-order valence-corrected chi connectivity index (χ2v) is 6.53. The Morgan fingerprint density at radius 1 is 1.53 bits per heavy atom. The lowest BCUT2D eigenvalue weighted by molar-refractivity contribution is 0.0304. The van der Waals surface area contributed by atoms with Gasteiger partial charge in [-0.3, -0.25) is 4.79 Å². The molecule has 1 atom stereocenters. The Hall–Kier alpha value is -1.34. The molecule has 1 unspecified atom stereocenters. The van der Waals surface area contributed by atoms with Crippen molar-refractivity contribution in [3.63, 3.8) is 0 Å². The Balaban J connectivity index is 1.94. The highest BCUT2D eigenvalue weighted by atomic mass is 32.2. The van der Waals surface area contributed by atoms with E-state index in [-0.39, 0.29) is 11.9 Å². The van der Waals surface area contributed by atoms with Crippen LogP contribution in [0, 0.1) is 0 Å². The largest absolute Gasteiger partial charge is 0.377 e. The second-order valence-electron chi connectivity index (χ2n) is 4.77. The zero-order valence-corrected chi connectivity index (χ0v) is 11.6. The topological polar surface area (TPSA) is 77.4 Å². The maximum Gasteiger partial charge on any atom is 0.266 e. The monoisotopic (exact) mass is 286 g/mol. The van der Waals surface area contributed by atoms with Crippen LogP contribution in [0.5, 0.6) is 0 Å². The van der Waals surface area contributed by atoms with Crippen LogP contribution >= 0.6 is 0 Å². The van der Waals surface area contributed by atoms with E-state index in [0.29, 0.717) is 12.2 Å². The van der Waals surface area contributed by atoms with E-state index in [0.717, 1.165) is 19.3 Å². The molecule has 1 aliphatic heterocycles. The Morgan fingerprint density at radius 2 is 2.32 bits per heavy atom. The van der Waals surface area contributed by atoms with Gasteiger partial charge >= 0.3 is 0 Å². The molecule has 7 heteroatoms. The molecule has 1 saturated heterocycles. The predicted molar refractivity (Wildman–Crippen MR) is 70.3 cm³/mol. The first-order valence-electron chi connectivity index (χ1n) is 6.25. The maximum atomic E-state index is 11.9. The summed E-state index contributed by atoms with van der Waals surface area (Å²) in [7, 11) is -1.89. The zero-order chi connectivity index (χ0) is 13.9. The summed E-state index contributed by atoms with van der Waals surface area (Å²) < 4.78 is 32.9. The molecule has 1 amide bonds. The van der Waals surface area contributed by atoms with Crippen molar-refractivity contribution in [1.29, 1.82) is 0 Å². The number of sulfonamides is 1. The summed E-state index contributed by atoms with van der Waals surface area (Å²) in [4.78, 5) is 11.8. The summed E-state index contributed by atoms with van der Waals surface area (Å²) in [5, 5.41) is 0. The van der Waals surface area contributed by atoms with Crippen molar-refractivity contribution < 1.29 is 17.9 Å². The molecule has 0 saturated carbocycles. The minimum atomic E-state index is -3.65. The van der Waals surface area contributed by atoms with Crippen LogP contribution in [0.4, 0.5) is 0 Å². The van der Waals surface area contributed by atoms with Gasteiger partial charge in [0.05, 0.1) is 17.4 Å². The molecule has 2 heterocycles. The number of nitrogens with one attached hydrogen (secondary N) is 1. The lowest BCUT2D eigenvalue weighted by Gasteiger charge is -2.22. The Bertz CT molecular complexity index is 544. The first-order valence-corrected chi connectivity index (χ1v) is 7.90. The molecule has 0 bridgehead atoms. The molecule has 0 aliphatic carbocycles. The third-order valence-corrected chi connectivity index (χ3v) is 4.33. The summed E-state index contributed by atoms with van der Waals surface area (Å²) in [6.07, 6.45) is 5.60.